The maximum atomic E-state index is 12.0. The Balaban J connectivity index is 1.50. The summed E-state index contributed by atoms with van der Waals surface area (Å²) < 4.78 is 12.0. The Labute approximate surface area is 160 Å². The summed E-state index contributed by atoms with van der Waals surface area (Å²) in [7, 11) is -0.951. The first-order chi connectivity index (χ1) is 12.1. The van der Waals surface area contributed by atoms with Gasteiger partial charge in [0.25, 0.3) is 0 Å². The second-order valence-corrected chi connectivity index (χ2v) is 8.56. The molecule has 2 aromatic rings. The van der Waals surface area contributed by atoms with Crippen LogP contribution in [0.3, 0.4) is 0 Å². The number of thiocarbonyl (C=S) groups is 1. The van der Waals surface area contributed by atoms with Gasteiger partial charge in [0.15, 0.2) is 5.11 Å². The average Bonchev–Trinajstić information content (AvgIpc) is 3.16. The fourth-order valence-electron chi connectivity index (χ4n) is 2.04. The highest BCUT2D eigenvalue weighted by Crippen LogP contribution is 2.11. The molecule has 0 saturated heterocycles. The molecule has 2 rings (SSSR count). The molecular formula is C15H24N6OS3. The summed E-state index contributed by atoms with van der Waals surface area (Å²) in [5.41, 5.74) is 4.06. The van der Waals surface area contributed by atoms with Crippen LogP contribution in [0.4, 0.5) is 0 Å². The zero-order valence-corrected chi connectivity index (χ0v) is 16.9. The van der Waals surface area contributed by atoms with Gasteiger partial charge in [-0.15, -0.1) is 0 Å². The number of aryl methyl sites for hydroxylation is 2. The molecular weight excluding hydrogens is 376 g/mol. The fourth-order valence-corrected chi connectivity index (χ4v) is 4.19. The predicted molar refractivity (Wildman–Crippen MR) is 108 cm³/mol. The molecule has 0 aliphatic rings. The van der Waals surface area contributed by atoms with Crippen LogP contribution in [0.2, 0.25) is 0 Å². The van der Waals surface area contributed by atoms with Gasteiger partial charge in [-0.2, -0.15) is 11.8 Å². The lowest BCUT2D eigenvalue weighted by molar-refractivity contribution is 0.680. The number of aromatic amines is 2. The van der Waals surface area contributed by atoms with E-state index >= 15 is 0 Å². The van der Waals surface area contributed by atoms with Crippen molar-refractivity contribution < 1.29 is 4.21 Å². The molecule has 0 aliphatic carbocycles. The Hall–Kier alpha value is -1.39. The van der Waals surface area contributed by atoms with Crippen LogP contribution in [-0.2, 0) is 22.3 Å². The first kappa shape index (κ1) is 19.9. The van der Waals surface area contributed by atoms with E-state index in [1.807, 2.05) is 25.6 Å². The normalized spacial score (nSPS) is 12.1. The molecule has 0 spiro atoms. The molecule has 0 saturated carbocycles. The Morgan fingerprint density at radius 2 is 1.80 bits per heavy atom. The van der Waals surface area contributed by atoms with Gasteiger partial charge in [-0.1, -0.05) is 0 Å². The van der Waals surface area contributed by atoms with Gasteiger partial charge in [-0.25, -0.2) is 9.97 Å². The quantitative estimate of drug-likeness (QED) is 0.353. The van der Waals surface area contributed by atoms with Crippen molar-refractivity contribution >= 4 is 39.9 Å². The molecule has 0 aliphatic heterocycles. The third kappa shape index (κ3) is 7.17. The van der Waals surface area contributed by atoms with Crippen molar-refractivity contribution in [1.29, 1.82) is 0 Å². The van der Waals surface area contributed by atoms with E-state index in [0.717, 1.165) is 40.8 Å². The van der Waals surface area contributed by atoms with E-state index in [9.17, 15) is 4.21 Å². The lowest BCUT2D eigenvalue weighted by Crippen LogP contribution is -2.38. The zero-order valence-electron chi connectivity index (χ0n) is 14.4. The number of hydrogen-bond donors (Lipinski definition) is 4. The molecule has 138 valence electrons. The molecule has 4 N–H and O–H groups in total. The topological polar surface area (TPSA) is 98.5 Å². The lowest BCUT2D eigenvalue weighted by atomic mass is 10.4. The first-order valence-corrected chi connectivity index (χ1v) is 11.0. The van der Waals surface area contributed by atoms with Crippen molar-refractivity contribution in [3.8, 4) is 0 Å². The Kier molecular flexibility index (Phi) is 8.42. The summed E-state index contributed by atoms with van der Waals surface area (Å²) >= 11 is 7.04. The first-order valence-electron chi connectivity index (χ1n) is 7.98. The third-order valence-corrected chi connectivity index (χ3v) is 6.07. The molecule has 10 heteroatoms. The molecule has 25 heavy (non-hydrogen) atoms. The van der Waals surface area contributed by atoms with E-state index in [0.29, 0.717) is 23.2 Å². The van der Waals surface area contributed by atoms with Crippen LogP contribution >= 0.6 is 24.0 Å². The number of hydrogen-bond acceptors (Lipinski definition) is 5. The van der Waals surface area contributed by atoms with Gasteiger partial charge >= 0.3 is 0 Å². The third-order valence-electron chi connectivity index (χ3n) is 3.55. The van der Waals surface area contributed by atoms with Gasteiger partial charge in [0.05, 0.1) is 29.8 Å². The molecule has 0 amide bonds. The van der Waals surface area contributed by atoms with E-state index in [1.165, 1.54) is 0 Å². The van der Waals surface area contributed by atoms with Crippen LogP contribution < -0.4 is 10.6 Å². The number of aromatic nitrogens is 4. The molecule has 1 atom stereocenters. The molecule has 1 unspecified atom stereocenters. The van der Waals surface area contributed by atoms with E-state index < -0.39 is 10.8 Å². The highest BCUT2D eigenvalue weighted by atomic mass is 32.2. The SMILES string of the molecule is Cc1[nH]cnc1CSCCNC(=S)NCCS(=O)Cc1nc[nH]c1C. The minimum absolute atomic E-state index is 0.473. The molecule has 0 fully saturated rings. The molecule has 7 nitrogen and oxygen atoms in total. The molecule has 0 bridgehead atoms. The summed E-state index contributed by atoms with van der Waals surface area (Å²) in [6, 6.07) is 0. The van der Waals surface area contributed by atoms with Crippen molar-refractivity contribution in [2.24, 2.45) is 0 Å². The highest BCUT2D eigenvalue weighted by Gasteiger charge is 2.07. The minimum atomic E-state index is -0.951. The van der Waals surface area contributed by atoms with E-state index in [1.54, 1.807) is 12.7 Å². The largest absolute Gasteiger partial charge is 0.362 e. The van der Waals surface area contributed by atoms with Gasteiger partial charge in [0.2, 0.25) is 0 Å². The Morgan fingerprint density at radius 3 is 2.44 bits per heavy atom. The Morgan fingerprint density at radius 1 is 1.16 bits per heavy atom. The predicted octanol–water partition coefficient (Wildman–Crippen LogP) is 1.40. The zero-order chi connectivity index (χ0) is 18.1. The average molecular weight is 401 g/mol. The monoisotopic (exact) mass is 400 g/mol. The van der Waals surface area contributed by atoms with Crippen molar-refractivity contribution in [1.82, 2.24) is 30.6 Å². The second-order valence-electron chi connectivity index (χ2n) is 5.47. The van der Waals surface area contributed by atoms with Gasteiger partial charge in [-0.05, 0) is 26.1 Å². The lowest BCUT2D eigenvalue weighted by Gasteiger charge is -2.10. The second kappa shape index (κ2) is 10.6. The molecule has 0 radical (unpaired) electrons. The van der Waals surface area contributed by atoms with Crippen molar-refractivity contribution in [3.05, 3.63) is 35.4 Å². The summed E-state index contributed by atoms with van der Waals surface area (Å²) in [5.74, 6) is 2.85. The maximum Gasteiger partial charge on any atom is 0.166 e. The highest BCUT2D eigenvalue weighted by molar-refractivity contribution is 7.98. The van der Waals surface area contributed by atoms with Crippen molar-refractivity contribution in [2.75, 3.05) is 24.6 Å². The standard InChI is InChI=1S/C15H24N6OS3/c1-11-13(20-9-18-11)7-24-5-3-16-15(23)17-4-6-25(22)8-14-12(2)19-10-21-14/h9-10H,3-8H2,1-2H3,(H,18,20)(H,19,21)(H2,16,17,23). The van der Waals surface area contributed by atoms with Gasteiger partial charge in [0.1, 0.15) is 0 Å². The minimum Gasteiger partial charge on any atom is -0.362 e. The molecule has 0 aromatic carbocycles. The fraction of sp³-hybridized carbons (Fsp3) is 0.533. The summed E-state index contributed by atoms with van der Waals surface area (Å²) in [6.45, 7) is 5.33. The van der Waals surface area contributed by atoms with E-state index in [2.05, 4.69) is 30.6 Å². The van der Waals surface area contributed by atoms with Crippen LogP contribution in [-0.4, -0.2) is 53.9 Å². The molecule has 2 aromatic heterocycles. The van der Waals surface area contributed by atoms with Crippen LogP contribution in [0, 0.1) is 13.8 Å². The van der Waals surface area contributed by atoms with Gasteiger partial charge in [0, 0.05) is 52.5 Å². The Bertz CT molecular complexity index is 699. The summed E-state index contributed by atoms with van der Waals surface area (Å²) in [6.07, 6.45) is 3.35. The maximum absolute atomic E-state index is 12.0. The van der Waals surface area contributed by atoms with Crippen LogP contribution in [0.25, 0.3) is 0 Å². The number of imidazole rings is 2. The summed E-state index contributed by atoms with van der Waals surface area (Å²) in [4.78, 5) is 14.5. The number of rotatable bonds is 10. The number of thioether (sulfide) groups is 1. The van der Waals surface area contributed by atoms with Crippen LogP contribution in [0.1, 0.15) is 22.8 Å². The molecule has 2 heterocycles. The van der Waals surface area contributed by atoms with Gasteiger partial charge in [-0.3, -0.25) is 4.21 Å². The van der Waals surface area contributed by atoms with Crippen molar-refractivity contribution in [2.45, 2.75) is 25.4 Å². The van der Waals surface area contributed by atoms with Crippen LogP contribution in [0.5, 0.6) is 0 Å². The van der Waals surface area contributed by atoms with Gasteiger partial charge < -0.3 is 20.6 Å². The van der Waals surface area contributed by atoms with E-state index in [-0.39, 0.29) is 0 Å². The number of nitrogens with one attached hydrogen (secondary N) is 4. The van der Waals surface area contributed by atoms with Crippen LogP contribution in [0.15, 0.2) is 12.7 Å². The number of H-pyrrole nitrogens is 2. The number of nitrogens with zero attached hydrogens (tertiary/aromatic N) is 2. The smallest absolute Gasteiger partial charge is 0.166 e. The van der Waals surface area contributed by atoms with Crippen molar-refractivity contribution in [3.63, 3.8) is 0 Å². The van der Waals surface area contributed by atoms with E-state index in [4.69, 9.17) is 12.2 Å². The summed E-state index contributed by atoms with van der Waals surface area (Å²) in [5, 5.41) is 6.86.